The van der Waals surface area contributed by atoms with Crippen molar-refractivity contribution >= 4 is 29.1 Å². The van der Waals surface area contributed by atoms with E-state index in [1.54, 1.807) is 0 Å². The lowest BCUT2D eigenvalue weighted by atomic mass is 10.0. The monoisotopic (exact) mass is 406 g/mol. The Bertz CT molecular complexity index is 945. The molecule has 3 rings (SSSR count). The number of rotatable bonds is 8. The Balaban J connectivity index is 1.77. The maximum absolute atomic E-state index is 13.0. The van der Waals surface area contributed by atoms with Crippen molar-refractivity contribution in [2.75, 3.05) is 11.2 Å². The Morgan fingerprint density at radius 1 is 0.793 bits per heavy atom. The highest BCUT2D eigenvalue weighted by Gasteiger charge is 2.22. The van der Waals surface area contributed by atoms with Gasteiger partial charge in [0.2, 0.25) is 11.8 Å². The molecule has 3 aromatic carbocycles. The van der Waals surface area contributed by atoms with Crippen LogP contribution in [-0.4, -0.2) is 23.7 Å². The van der Waals surface area contributed by atoms with Crippen molar-refractivity contribution in [3.05, 3.63) is 102 Å². The quantitative estimate of drug-likeness (QED) is 0.551. The first-order valence-electron chi connectivity index (χ1n) is 9.47. The van der Waals surface area contributed by atoms with E-state index < -0.39 is 6.04 Å². The lowest BCUT2D eigenvalue weighted by molar-refractivity contribution is -0.125. The largest absolute Gasteiger partial charge is 0.343 e. The molecule has 4 nitrogen and oxygen atoms in total. The molecule has 0 aromatic heterocycles. The Morgan fingerprint density at radius 2 is 1.38 bits per heavy atom. The van der Waals surface area contributed by atoms with Crippen molar-refractivity contribution in [2.24, 2.45) is 0 Å². The van der Waals surface area contributed by atoms with Gasteiger partial charge in [-0.3, -0.25) is 9.59 Å². The van der Waals surface area contributed by atoms with E-state index in [4.69, 9.17) is 11.6 Å². The van der Waals surface area contributed by atoms with Gasteiger partial charge in [-0.05, 0) is 29.2 Å². The fourth-order valence-corrected chi connectivity index (χ4v) is 3.20. The summed E-state index contributed by atoms with van der Waals surface area (Å²) in [5, 5.41) is 5.71. The normalized spacial score (nSPS) is 11.5. The van der Waals surface area contributed by atoms with E-state index in [-0.39, 0.29) is 17.7 Å². The molecule has 3 aromatic rings. The van der Waals surface area contributed by atoms with Gasteiger partial charge in [0.15, 0.2) is 0 Å². The van der Waals surface area contributed by atoms with Crippen LogP contribution >= 0.6 is 11.6 Å². The van der Waals surface area contributed by atoms with Gasteiger partial charge in [-0.25, -0.2) is 0 Å². The standard InChI is InChI=1S/C24H23ClN2O2/c25-17-23(28)26-22(16-19-11-5-2-6-12-19)24(29)27-21-14-8-7-13-20(21)15-18-9-3-1-4-10-18/h1-14,22H,15-17H2,(H,26,28)(H,27,29)/t22-/m0/s1. The zero-order chi connectivity index (χ0) is 20.5. The number of carbonyl (C=O) groups is 2. The number of anilines is 1. The first-order valence-corrected chi connectivity index (χ1v) is 10.0. The van der Waals surface area contributed by atoms with E-state index in [2.05, 4.69) is 22.8 Å². The molecule has 0 saturated carbocycles. The fraction of sp³-hybridized carbons (Fsp3) is 0.167. The Kier molecular flexibility index (Phi) is 7.42. The minimum absolute atomic E-state index is 0.191. The van der Waals surface area contributed by atoms with Gasteiger partial charge in [0.25, 0.3) is 0 Å². The molecular formula is C24H23ClN2O2. The van der Waals surface area contributed by atoms with Gasteiger partial charge < -0.3 is 10.6 Å². The van der Waals surface area contributed by atoms with Crippen LogP contribution in [0.5, 0.6) is 0 Å². The third kappa shape index (κ3) is 6.19. The summed E-state index contributed by atoms with van der Waals surface area (Å²) in [4.78, 5) is 24.9. The predicted octanol–water partition coefficient (Wildman–Crippen LogP) is 4.18. The zero-order valence-electron chi connectivity index (χ0n) is 16.0. The molecule has 5 heteroatoms. The minimum atomic E-state index is -0.714. The van der Waals surface area contributed by atoms with E-state index >= 15 is 0 Å². The number of carbonyl (C=O) groups excluding carboxylic acids is 2. The van der Waals surface area contributed by atoms with Crippen LogP contribution < -0.4 is 10.6 Å². The second kappa shape index (κ2) is 10.4. The van der Waals surface area contributed by atoms with Gasteiger partial charge >= 0.3 is 0 Å². The first-order chi connectivity index (χ1) is 14.2. The number of para-hydroxylation sites is 1. The first kappa shape index (κ1) is 20.6. The molecule has 0 aliphatic rings. The van der Waals surface area contributed by atoms with E-state index in [9.17, 15) is 9.59 Å². The van der Waals surface area contributed by atoms with E-state index in [0.29, 0.717) is 12.8 Å². The van der Waals surface area contributed by atoms with Gasteiger partial charge in [0, 0.05) is 12.1 Å². The molecular weight excluding hydrogens is 384 g/mol. The number of hydrogen-bond donors (Lipinski definition) is 2. The smallest absolute Gasteiger partial charge is 0.247 e. The average molecular weight is 407 g/mol. The van der Waals surface area contributed by atoms with Gasteiger partial charge in [-0.15, -0.1) is 11.6 Å². The summed E-state index contributed by atoms with van der Waals surface area (Å²) in [5.41, 5.74) is 3.86. The van der Waals surface area contributed by atoms with Gasteiger partial charge in [-0.2, -0.15) is 0 Å². The molecule has 0 unspecified atom stereocenters. The van der Waals surface area contributed by atoms with Crippen LogP contribution in [0.4, 0.5) is 5.69 Å². The second-order valence-electron chi connectivity index (χ2n) is 6.75. The van der Waals surface area contributed by atoms with Crippen LogP contribution in [0.2, 0.25) is 0 Å². The predicted molar refractivity (Wildman–Crippen MR) is 117 cm³/mol. The molecule has 0 aliphatic heterocycles. The van der Waals surface area contributed by atoms with Crippen LogP contribution in [0, 0.1) is 0 Å². The molecule has 1 atom stereocenters. The van der Waals surface area contributed by atoms with Gasteiger partial charge in [0.05, 0.1) is 0 Å². The number of benzene rings is 3. The lowest BCUT2D eigenvalue weighted by Gasteiger charge is -2.19. The van der Waals surface area contributed by atoms with Crippen LogP contribution in [0.15, 0.2) is 84.9 Å². The molecule has 0 fully saturated rings. The minimum Gasteiger partial charge on any atom is -0.343 e. The zero-order valence-corrected chi connectivity index (χ0v) is 16.7. The Hall–Kier alpha value is -3.11. The number of hydrogen-bond acceptors (Lipinski definition) is 2. The van der Waals surface area contributed by atoms with Crippen molar-refractivity contribution in [2.45, 2.75) is 18.9 Å². The summed E-state index contributed by atoms with van der Waals surface area (Å²) >= 11 is 5.64. The lowest BCUT2D eigenvalue weighted by Crippen LogP contribution is -2.45. The van der Waals surface area contributed by atoms with E-state index in [1.807, 2.05) is 72.8 Å². The van der Waals surface area contributed by atoms with E-state index in [0.717, 1.165) is 22.4 Å². The summed E-state index contributed by atoms with van der Waals surface area (Å²) in [7, 11) is 0. The van der Waals surface area contributed by atoms with Crippen molar-refractivity contribution in [3.8, 4) is 0 Å². The Morgan fingerprint density at radius 3 is 2.03 bits per heavy atom. The van der Waals surface area contributed by atoms with Crippen LogP contribution in [0.1, 0.15) is 16.7 Å². The second-order valence-corrected chi connectivity index (χ2v) is 7.02. The highest BCUT2D eigenvalue weighted by molar-refractivity contribution is 6.27. The summed E-state index contributed by atoms with van der Waals surface area (Å²) < 4.78 is 0. The number of nitrogens with one attached hydrogen (secondary N) is 2. The summed E-state index contributed by atoms with van der Waals surface area (Å²) in [5.74, 6) is -0.837. The molecule has 0 radical (unpaired) electrons. The highest BCUT2D eigenvalue weighted by atomic mass is 35.5. The van der Waals surface area contributed by atoms with Crippen LogP contribution in [0.25, 0.3) is 0 Å². The maximum atomic E-state index is 13.0. The van der Waals surface area contributed by atoms with Crippen molar-refractivity contribution in [3.63, 3.8) is 0 Å². The summed E-state index contributed by atoms with van der Waals surface area (Å²) in [6.45, 7) is 0. The molecule has 2 amide bonds. The van der Waals surface area contributed by atoms with E-state index in [1.165, 1.54) is 0 Å². The topological polar surface area (TPSA) is 58.2 Å². The molecule has 0 aliphatic carbocycles. The number of amides is 2. The molecule has 0 heterocycles. The van der Waals surface area contributed by atoms with Gasteiger partial charge in [0.1, 0.15) is 11.9 Å². The fourth-order valence-electron chi connectivity index (χ4n) is 3.12. The summed E-state index contributed by atoms with van der Waals surface area (Å²) in [6, 6.07) is 26.6. The molecule has 29 heavy (non-hydrogen) atoms. The molecule has 0 saturated heterocycles. The third-order valence-electron chi connectivity index (χ3n) is 4.57. The highest BCUT2D eigenvalue weighted by Crippen LogP contribution is 2.19. The Labute approximate surface area is 175 Å². The molecule has 0 spiro atoms. The van der Waals surface area contributed by atoms with Gasteiger partial charge in [-0.1, -0.05) is 78.9 Å². The number of halogens is 1. The SMILES string of the molecule is O=C(CCl)N[C@@H](Cc1ccccc1)C(=O)Nc1ccccc1Cc1ccccc1. The molecule has 148 valence electrons. The average Bonchev–Trinajstić information content (AvgIpc) is 2.76. The number of alkyl halides is 1. The van der Waals surface area contributed by atoms with Crippen molar-refractivity contribution < 1.29 is 9.59 Å². The van der Waals surface area contributed by atoms with Crippen molar-refractivity contribution in [1.29, 1.82) is 0 Å². The third-order valence-corrected chi connectivity index (χ3v) is 4.81. The molecule has 2 N–H and O–H groups in total. The maximum Gasteiger partial charge on any atom is 0.247 e. The van der Waals surface area contributed by atoms with Crippen LogP contribution in [0.3, 0.4) is 0 Å². The van der Waals surface area contributed by atoms with Crippen LogP contribution in [-0.2, 0) is 22.4 Å². The summed E-state index contributed by atoms with van der Waals surface area (Å²) in [6.07, 6.45) is 1.09. The van der Waals surface area contributed by atoms with Crippen molar-refractivity contribution in [1.82, 2.24) is 5.32 Å². The molecule has 0 bridgehead atoms.